The van der Waals surface area contributed by atoms with Gasteiger partial charge in [-0.05, 0) is 37.0 Å². The van der Waals surface area contributed by atoms with Gasteiger partial charge in [-0.15, -0.1) is 0 Å². The number of hydrogen-bond acceptors (Lipinski definition) is 2. The normalized spacial score (nSPS) is 45.9. The average molecular weight is 196 g/mol. The van der Waals surface area contributed by atoms with Crippen LogP contribution >= 0.6 is 0 Å². The highest BCUT2D eigenvalue weighted by Gasteiger charge is 2.53. The van der Waals surface area contributed by atoms with Crippen molar-refractivity contribution in [3.63, 3.8) is 0 Å². The van der Waals surface area contributed by atoms with Gasteiger partial charge in [0.05, 0.1) is 5.60 Å². The first-order valence-corrected chi connectivity index (χ1v) is 5.61. The molecule has 2 fully saturated rings. The first-order chi connectivity index (χ1) is 6.47. The van der Waals surface area contributed by atoms with Crippen molar-refractivity contribution in [2.24, 2.45) is 11.3 Å². The maximum atomic E-state index is 10.7. The third-order valence-electron chi connectivity index (χ3n) is 3.92. The molecule has 2 nitrogen and oxygen atoms in total. The van der Waals surface area contributed by atoms with Crippen LogP contribution in [0.3, 0.4) is 0 Å². The van der Waals surface area contributed by atoms with Crippen molar-refractivity contribution in [1.82, 2.24) is 0 Å². The molecule has 0 bridgehead atoms. The van der Waals surface area contributed by atoms with Crippen LogP contribution < -0.4 is 0 Å². The van der Waals surface area contributed by atoms with Crippen molar-refractivity contribution in [1.29, 1.82) is 0 Å². The lowest BCUT2D eigenvalue weighted by atomic mass is 9.87. The maximum Gasteiger partial charge on any atom is 0.148 e. The summed E-state index contributed by atoms with van der Waals surface area (Å²) in [7, 11) is 0. The summed E-state index contributed by atoms with van der Waals surface area (Å²) in [5.41, 5.74) is 0.409. The Morgan fingerprint density at radius 1 is 1.43 bits per heavy atom. The Labute approximate surface area is 86.0 Å². The van der Waals surface area contributed by atoms with E-state index in [2.05, 4.69) is 20.8 Å². The standard InChI is InChI=1S/C12H20O2/c1-9-6-11(2,3)8-12(9)5-4-10(7-13)14-12/h7,9-10H,4-6,8H2,1-3H3. The number of aldehydes is 1. The SMILES string of the molecule is CC1CC(C)(C)CC12CCC(C=O)O2. The fraction of sp³-hybridized carbons (Fsp3) is 0.917. The van der Waals surface area contributed by atoms with Gasteiger partial charge in [-0.25, -0.2) is 0 Å². The van der Waals surface area contributed by atoms with Gasteiger partial charge in [0.15, 0.2) is 0 Å². The van der Waals surface area contributed by atoms with E-state index in [1.165, 1.54) is 6.42 Å². The van der Waals surface area contributed by atoms with E-state index in [1.54, 1.807) is 0 Å². The van der Waals surface area contributed by atoms with Crippen molar-refractivity contribution in [2.45, 2.75) is 58.2 Å². The van der Waals surface area contributed by atoms with Crippen molar-refractivity contribution in [3.8, 4) is 0 Å². The summed E-state index contributed by atoms with van der Waals surface area (Å²) < 4.78 is 5.94. The third kappa shape index (κ3) is 1.50. The lowest BCUT2D eigenvalue weighted by molar-refractivity contribution is -0.125. The number of carbonyl (C=O) groups is 1. The molecule has 1 aliphatic carbocycles. The highest BCUT2D eigenvalue weighted by molar-refractivity contribution is 5.56. The monoisotopic (exact) mass is 196 g/mol. The van der Waals surface area contributed by atoms with Crippen LogP contribution in [0.5, 0.6) is 0 Å². The van der Waals surface area contributed by atoms with E-state index in [9.17, 15) is 4.79 Å². The summed E-state index contributed by atoms with van der Waals surface area (Å²) >= 11 is 0. The molecule has 1 spiro atoms. The Morgan fingerprint density at radius 3 is 2.57 bits per heavy atom. The predicted octanol–water partition coefficient (Wildman–Crippen LogP) is 2.56. The summed E-state index contributed by atoms with van der Waals surface area (Å²) in [6.07, 6.45) is 5.16. The first kappa shape index (κ1) is 10.2. The van der Waals surface area contributed by atoms with Gasteiger partial charge in [-0.3, -0.25) is 0 Å². The topological polar surface area (TPSA) is 26.3 Å². The van der Waals surface area contributed by atoms with E-state index in [0.717, 1.165) is 25.5 Å². The molecule has 0 aromatic rings. The van der Waals surface area contributed by atoms with Gasteiger partial charge in [0, 0.05) is 0 Å². The second-order valence-corrected chi connectivity index (χ2v) is 5.84. The molecule has 3 atom stereocenters. The summed E-state index contributed by atoms with van der Waals surface area (Å²) in [6, 6.07) is 0. The van der Waals surface area contributed by atoms with Gasteiger partial charge in [0.1, 0.15) is 12.4 Å². The van der Waals surface area contributed by atoms with Crippen molar-refractivity contribution in [2.75, 3.05) is 0 Å². The molecule has 0 aromatic carbocycles. The first-order valence-electron chi connectivity index (χ1n) is 5.61. The Hall–Kier alpha value is -0.370. The second kappa shape index (κ2) is 3.06. The number of rotatable bonds is 1. The van der Waals surface area contributed by atoms with E-state index in [1.807, 2.05) is 0 Å². The second-order valence-electron chi connectivity index (χ2n) is 5.84. The summed E-state index contributed by atoms with van der Waals surface area (Å²) in [5.74, 6) is 0.599. The zero-order chi connectivity index (χ0) is 10.4. The Kier molecular flexibility index (Phi) is 2.22. The summed E-state index contributed by atoms with van der Waals surface area (Å²) in [5, 5.41) is 0. The van der Waals surface area contributed by atoms with E-state index < -0.39 is 0 Å². The van der Waals surface area contributed by atoms with Gasteiger partial charge in [0.25, 0.3) is 0 Å². The molecule has 0 amide bonds. The van der Waals surface area contributed by atoms with Gasteiger partial charge < -0.3 is 9.53 Å². The predicted molar refractivity (Wildman–Crippen MR) is 55.1 cm³/mol. The zero-order valence-corrected chi connectivity index (χ0v) is 9.38. The van der Waals surface area contributed by atoms with Gasteiger partial charge >= 0.3 is 0 Å². The molecule has 2 heteroatoms. The smallest absolute Gasteiger partial charge is 0.148 e. The van der Waals surface area contributed by atoms with Crippen LogP contribution in [0.25, 0.3) is 0 Å². The van der Waals surface area contributed by atoms with Crippen LogP contribution in [0.1, 0.15) is 46.5 Å². The Balaban J connectivity index is 2.14. The van der Waals surface area contributed by atoms with E-state index >= 15 is 0 Å². The molecule has 80 valence electrons. The number of carbonyl (C=O) groups excluding carboxylic acids is 1. The van der Waals surface area contributed by atoms with Crippen LogP contribution in [0, 0.1) is 11.3 Å². The molecular weight excluding hydrogens is 176 g/mol. The lowest BCUT2D eigenvalue weighted by Gasteiger charge is -2.29. The highest BCUT2D eigenvalue weighted by Crippen LogP contribution is 2.54. The van der Waals surface area contributed by atoms with Crippen molar-refractivity contribution in [3.05, 3.63) is 0 Å². The minimum absolute atomic E-state index is 0.0229. The molecule has 0 radical (unpaired) electrons. The Bertz CT molecular complexity index is 247. The van der Waals surface area contributed by atoms with E-state index in [0.29, 0.717) is 11.3 Å². The Morgan fingerprint density at radius 2 is 2.14 bits per heavy atom. The zero-order valence-electron chi connectivity index (χ0n) is 9.38. The molecule has 0 N–H and O–H groups in total. The molecule has 3 unspecified atom stereocenters. The minimum atomic E-state index is -0.133. The molecular formula is C12H20O2. The van der Waals surface area contributed by atoms with Crippen LogP contribution in [-0.2, 0) is 9.53 Å². The van der Waals surface area contributed by atoms with Crippen LogP contribution in [0.4, 0.5) is 0 Å². The van der Waals surface area contributed by atoms with Crippen LogP contribution in [-0.4, -0.2) is 18.0 Å². The molecule has 2 aliphatic rings. The molecule has 1 saturated carbocycles. The van der Waals surface area contributed by atoms with Crippen molar-refractivity contribution < 1.29 is 9.53 Å². The van der Waals surface area contributed by atoms with Crippen LogP contribution in [0.15, 0.2) is 0 Å². The van der Waals surface area contributed by atoms with Crippen molar-refractivity contribution >= 4 is 6.29 Å². The highest BCUT2D eigenvalue weighted by atomic mass is 16.5. The maximum absolute atomic E-state index is 10.7. The third-order valence-corrected chi connectivity index (χ3v) is 3.92. The summed E-state index contributed by atoms with van der Waals surface area (Å²) in [4.78, 5) is 10.7. The van der Waals surface area contributed by atoms with Gasteiger partial charge in [-0.1, -0.05) is 20.8 Å². The average Bonchev–Trinajstić information content (AvgIpc) is 2.56. The van der Waals surface area contributed by atoms with E-state index in [-0.39, 0.29) is 11.7 Å². The quantitative estimate of drug-likeness (QED) is 0.602. The fourth-order valence-electron chi connectivity index (χ4n) is 3.47. The molecule has 2 rings (SSSR count). The number of ether oxygens (including phenoxy) is 1. The van der Waals surface area contributed by atoms with Gasteiger partial charge in [0.2, 0.25) is 0 Å². The van der Waals surface area contributed by atoms with Crippen LogP contribution in [0.2, 0.25) is 0 Å². The lowest BCUT2D eigenvalue weighted by Crippen LogP contribution is -2.32. The minimum Gasteiger partial charge on any atom is -0.364 e. The molecule has 14 heavy (non-hydrogen) atoms. The fourth-order valence-corrected chi connectivity index (χ4v) is 3.47. The summed E-state index contributed by atoms with van der Waals surface area (Å²) in [6.45, 7) is 6.87. The van der Waals surface area contributed by atoms with Gasteiger partial charge in [-0.2, -0.15) is 0 Å². The molecule has 0 aromatic heterocycles. The largest absolute Gasteiger partial charge is 0.364 e. The molecule has 1 heterocycles. The van der Waals surface area contributed by atoms with E-state index in [4.69, 9.17) is 4.74 Å². The molecule has 1 aliphatic heterocycles. The number of hydrogen-bond donors (Lipinski definition) is 0. The molecule has 1 saturated heterocycles.